The van der Waals surface area contributed by atoms with Crippen molar-refractivity contribution in [2.24, 2.45) is 0 Å². The van der Waals surface area contributed by atoms with Gasteiger partial charge in [0.25, 0.3) is 0 Å². The van der Waals surface area contributed by atoms with Crippen molar-refractivity contribution >= 4 is 23.4 Å². The molecule has 0 fully saturated rings. The highest BCUT2D eigenvalue weighted by atomic mass is 32.2. The summed E-state index contributed by atoms with van der Waals surface area (Å²) < 4.78 is 5.13. The van der Waals surface area contributed by atoms with E-state index in [1.54, 1.807) is 24.8 Å². The molecular weight excluding hydrogens is 322 g/mol. The van der Waals surface area contributed by atoms with Gasteiger partial charge in [0, 0.05) is 28.1 Å². The monoisotopic (exact) mass is 341 g/mol. The van der Waals surface area contributed by atoms with E-state index in [-0.39, 0.29) is 17.1 Å². The van der Waals surface area contributed by atoms with Gasteiger partial charge in [-0.1, -0.05) is 36.5 Å². The van der Waals surface area contributed by atoms with Gasteiger partial charge in [0.15, 0.2) is 0 Å². The average Bonchev–Trinajstić information content (AvgIpc) is 3.00. The molecule has 0 saturated carbocycles. The molecule has 0 radical (unpaired) electrons. The summed E-state index contributed by atoms with van der Waals surface area (Å²) in [4.78, 5) is 12.6. The number of benzene rings is 2. The van der Waals surface area contributed by atoms with Crippen LogP contribution in [0, 0.1) is 0 Å². The molecule has 1 aliphatic heterocycles. The predicted molar refractivity (Wildman–Crippen MR) is 96.2 cm³/mol. The smallest absolute Gasteiger partial charge is 0.333 e. The Kier molecular flexibility index (Phi) is 4.81. The summed E-state index contributed by atoms with van der Waals surface area (Å²) in [7, 11) is 0. The number of para-hydroxylation sites is 1. The van der Waals surface area contributed by atoms with E-state index in [0.29, 0.717) is 18.6 Å². The summed E-state index contributed by atoms with van der Waals surface area (Å²) in [6, 6.07) is 13.6. The lowest BCUT2D eigenvalue weighted by Gasteiger charge is -2.14. The number of carbonyl (C=O) groups excluding carboxylic acids is 1. The summed E-state index contributed by atoms with van der Waals surface area (Å²) in [6.07, 6.45) is 0.594. The maximum atomic E-state index is 11.4. The normalized spacial score (nSPS) is 15.5. The first-order valence-corrected chi connectivity index (χ1v) is 8.59. The topological polar surface area (TPSA) is 58.6 Å². The molecule has 0 spiro atoms. The molecule has 5 heteroatoms. The lowest BCUT2D eigenvalue weighted by molar-refractivity contribution is -0.138. The molecule has 0 aromatic heterocycles. The number of rotatable bonds is 5. The number of phenols is 1. The van der Waals surface area contributed by atoms with Crippen molar-refractivity contribution in [2.75, 3.05) is 11.9 Å². The number of hydrogen-bond acceptors (Lipinski definition) is 5. The van der Waals surface area contributed by atoms with Crippen LogP contribution < -0.4 is 5.32 Å². The van der Waals surface area contributed by atoms with Gasteiger partial charge in [-0.05, 0) is 36.8 Å². The molecule has 2 aromatic carbocycles. The van der Waals surface area contributed by atoms with Crippen LogP contribution in [0.15, 0.2) is 59.5 Å². The number of nitrogens with one attached hydrogen (secondary N) is 1. The maximum Gasteiger partial charge on any atom is 0.333 e. The third kappa shape index (κ3) is 3.57. The van der Waals surface area contributed by atoms with Gasteiger partial charge in [-0.15, -0.1) is 0 Å². The lowest BCUT2D eigenvalue weighted by Crippen LogP contribution is -2.08. The molecule has 2 aromatic rings. The summed E-state index contributed by atoms with van der Waals surface area (Å²) in [6.45, 7) is 5.48. The SMILES string of the molecule is C=C(C)C(=O)OCCc1ccc(O)c(C2Nc3ccccc3S2)c1. The fraction of sp³-hybridized carbons (Fsp3) is 0.211. The minimum absolute atomic E-state index is 0.0275. The zero-order chi connectivity index (χ0) is 17.1. The van der Waals surface area contributed by atoms with Crippen LogP contribution >= 0.6 is 11.8 Å². The van der Waals surface area contributed by atoms with Crippen molar-refractivity contribution in [3.63, 3.8) is 0 Å². The van der Waals surface area contributed by atoms with Gasteiger partial charge in [-0.25, -0.2) is 4.79 Å². The van der Waals surface area contributed by atoms with Crippen molar-refractivity contribution in [3.8, 4) is 5.75 Å². The highest BCUT2D eigenvalue weighted by Gasteiger charge is 2.24. The number of carbonyl (C=O) groups is 1. The van der Waals surface area contributed by atoms with Crippen LogP contribution in [-0.2, 0) is 16.0 Å². The highest BCUT2D eigenvalue weighted by Crippen LogP contribution is 2.48. The predicted octanol–water partition coefficient (Wildman–Crippen LogP) is 4.27. The molecule has 0 bridgehead atoms. The van der Waals surface area contributed by atoms with Gasteiger partial charge in [0.05, 0.1) is 6.61 Å². The van der Waals surface area contributed by atoms with Gasteiger partial charge in [-0.2, -0.15) is 0 Å². The third-order valence-electron chi connectivity index (χ3n) is 3.77. The van der Waals surface area contributed by atoms with Gasteiger partial charge in [0.1, 0.15) is 11.1 Å². The second-order valence-corrected chi connectivity index (χ2v) is 6.84. The van der Waals surface area contributed by atoms with E-state index in [1.165, 1.54) is 4.90 Å². The molecular formula is C19H19NO3S. The standard InChI is InChI=1S/C19H19NO3S/c1-12(2)19(22)23-10-9-13-7-8-16(21)14(11-13)18-20-15-5-3-4-6-17(15)24-18/h3-8,11,18,20-21H,1,9-10H2,2H3. The van der Waals surface area contributed by atoms with Crippen molar-refractivity contribution in [1.29, 1.82) is 0 Å². The molecule has 1 aliphatic rings. The lowest BCUT2D eigenvalue weighted by atomic mass is 10.1. The maximum absolute atomic E-state index is 11.4. The van der Waals surface area contributed by atoms with Crippen LogP contribution in [0.5, 0.6) is 5.75 Å². The average molecular weight is 341 g/mol. The molecule has 1 heterocycles. The number of ether oxygens (including phenoxy) is 1. The molecule has 24 heavy (non-hydrogen) atoms. The Hall–Kier alpha value is -2.40. The number of phenolic OH excluding ortho intramolecular Hbond substituents is 1. The first-order valence-electron chi connectivity index (χ1n) is 7.71. The zero-order valence-corrected chi connectivity index (χ0v) is 14.2. The first-order chi connectivity index (χ1) is 11.5. The molecule has 124 valence electrons. The van der Waals surface area contributed by atoms with Crippen molar-refractivity contribution in [2.45, 2.75) is 23.6 Å². The van der Waals surface area contributed by atoms with Crippen LogP contribution in [-0.4, -0.2) is 17.7 Å². The molecule has 0 saturated heterocycles. The van der Waals surface area contributed by atoms with E-state index in [2.05, 4.69) is 18.0 Å². The number of aromatic hydroxyl groups is 1. The Morgan fingerprint density at radius 3 is 2.88 bits per heavy atom. The quantitative estimate of drug-likeness (QED) is 0.628. The zero-order valence-electron chi connectivity index (χ0n) is 13.4. The summed E-state index contributed by atoms with van der Waals surface area (Å²) in [5.74, 6) is -0.118. The Labute approximate surface area is 145 Å². The number of anilines is 1. The second-order valence-electron chi connectivity index (χ2n) is 5.70. The molecule has 1 atom stereocenters. The van der Waals surface area contributed by atoms with Crippen molar-refractivity contribution < 1.29 is 14.6 Å². The first kappa shape index (κ1) is 16.5. The van der Waals surface area contributed by atoms with Crippen LogP contribution in [0.3, 0.4) is 0 Å². The molecule has 1 unspecified atom stereocenters. The third-order valence-corrected chi connectivity index (χ3v) is 4.98. The molecule has 4 nitrogen and oxygen atoms in total. The Bertz CT molecular complexity index is 763. The van der Waals surface area contributed by atoms with E-state index < -0.39 is 0 Å². The van der Waals surface area contributed by atoms with Gasteiger partial charge in [-0.3, -0.25) is 0 Å². The summed E-state index contributed by atoms with van der Waals surface area (Å²) >= 11 is 1.68. The van der Waals surface area contributed by atoms with Crippen molar-refractivity contribution in [1.82, 2.24) is 0 Å². The van der Waals surface area contributed by atoms with Gasteiger partial charge < -0.3 is 15.2 Å². The number of fused-ring (bicyclic) bond motifs is 1. The minimum atomic E-state index is -0.377. The Balaban J connectivity index is 1.69. The molecule has 3 rings (SSSR count). The second kappa shape index (κ2) is 7.01. The van der Waals surface area contributed by atoms with Crippen LogP contribution in [0.25, 0.3) is 0 Å². The fourth-order valence-corrected chi connectivity index (χ4v) is 3.65. The van der Waals surface area contributed by atoms with Gasteiger partial charge >= 0.3 is 5.97 Å². The fourth-order valence-electron chi connectivity index (χ4n) is 2.48. The van der Waals surface area contributed by atoms with E-state index >= 15 is 0 Å². The van der Waals surface area contributed by atoms with Crippen LogP contribution in [0.2, 0.25) is 0 Å². The molecule has 0 aliphatic carbocycles. The van der Waals surface area contributed by atoms with E-state index in [4.69, 9.17) is 4.74 Å². The molecule has 2 N–H and O–H groups in total. The number of esters is 1. The van der Waals surface area contributed by atoms with E-state index in [9.17, 15) is 9.90 Å². The van der Waals surface area contributed by atoms with E-state index in [1.807, 2.05) is 30.3 Å². The summed E-state index contributed by atoms with van der Waals surface area (Å²) in [5.41, 5.74) is 3.31. The van der Waals surface area contributed by atoms with Crippen LogP contribution in [0.4, 0.5) is 5.69 Å². The minimum Gasteiger partial charge on any atom is -0.508 e. The van der Waals surface area contributed by atoms with E-state index in [0.717, 1.165) is 16.8 Å². The number of thioether (sulfide) groups is 1. The Morgan fingerprint density at radius 1 is 1.33 bits per heavy atom. The van der Waals surface area contributed by atoms with Gasteiger partial charge in [0.2, 0.25) is 0 Å². The van der Waals surface area contributed by atoms with Crippen LogP contribution in [0.1, 0.15) is 23.4 Å². The highest BCUT2D eigenvalue weighted by molar-refractivity contribution is 8.00. The number of hydrogen-bond donors (Lipinski definition) is 2. The Morgan fingerprint density at radius 2 is 2.12 bits per heavy atom. The largest absolute Gasteiger partial charge is 0.508 e. The molecule has 0 amide bonds. The van der Waals surface area contributed by atoms with Crippen molar-refractivity contribution in [3.05, 3.63) is 65.7 Å². The summed E-state index contributed by atoms with van der Waals surface area (Å²) in [5, 5.41) is 13.6.